The zero-order valence-electron chi connectivity index (χ0n) is 8.30. The minimum atomic E-state index is 0.196. The summed E-state index contributed by atoms with van der Waals surface area (Å²) in [5.74, 6) is 0. The molecule has 72 valence electrons. The van der Waals surface area contributed by atoms with Crippen molar-refractivity contribution in [2.45, 2.75) is 38.9 Å². The molecule has 0 heterocycles. The summed E-state index contributed by atoms with van der Waals surface area (Å²) in [7, 11) is 0. The van der Waals surface area contributed by atoms with Gasteiger partial charge >= 0.3 is 81.5 Å². The second kappa shape index (κ2) is 7.63. The standard InChI is InChI=1S/C9H19NOSe/c1-4-7-8-12-9(11)10(5-2)6-3/h4-8H2,1-3H3. The number of rotatable bonds is 6. The minimum absolute atomic E-state index is 0.196. The van der Waals surface area contributed by atoms with Gasteiger partial charge < -0.3 is 0 Å². The summed E-state index contributed by atoms with van der Waals surface area (Å²) in [6.45, 7) is 7.97. The molecule has 3 heteroatoms. The molecule has 0 rings (SSSR count). The SMILES string of the molecule is CCCC[Se]C(=O)N(CC)CC. The van der Waals surface area contributed by atoms with Crippen LogP contribution in [0.5, 0.6) is 0 Å². The van der Waals surface area contributed by atoms with E-state index in [-0.39, 0.29) is 15.0 Å². The summed E-state index contributed by atoms with van der Waals surface area (Å²) in [5, 5.41) is 1.11. The van der Waals surface area contributed by atoms with Gasteiger partial charge in [-0.15, -0.1) is 0 Å². The molecule has 0 bridgehead atoms. The van der Waals surface area contributed by atoms with Gasteiger partial charge in [0.15, 0.2) is 0 Å². The molecule has 0 spiro atoms. The first kappa shape index (κ1) is 12.0. The van der Waals surface area contributed by atoms with E-state index in [4.69, 9.17) is 0 Å². The Kier molecular flexibility index (Phi) is 7.62. The molecule has 0 aliphatic rings. The fourth-order valence-electron chi connectivity index (χ4n) is 0.877. The molecule has 2 nitrogen and oxygen atoms in total. The van der Waals surface area contributed by atoms with Crippen LogP contribution in [0.3, 0.4) is 0 Å². The Morgan fingerprint density at radius 1 is 1.25 bits per heavy atom. The van der Waals surface area contributed by atoms with Crippen molar-refractivity contribution in [2.75, 3.05) is 13.1 Å². The first-order chi connectivity index (χ1) is 5.76. The predicted molar refractivity (Wildman–Crippen MR) is 53.8 cm³/mol. The van der Waals surface area contributed by atoms with Crippen LogP contribution in [0.15, 0.2) is 0 Å². The van der Waals surface area contributed by atoms with Gasteiger partial charge in [-0.3, -0.25) is 0 Å². The van der Waals surface area contributed by atoms with Crippen molar-refractivity contribution in [1.82, 2.24) is 4.90 Å². The maximum atomic E-state index is 11.4. The van der Waals surface area contributed by atoms with Crippen molar-refractivity contribution >= 4 is 19.8 Å². The zero-order chi connectivity index (χ0) is 9.40. The topological polar surface area (TPSA) is 20.3 Å². The molecule has 1 amide bonds. The Balaban J connectivity index is 3.54. The van der Waals surface area contributed by atoms with Gasteiger partial charge in [0.25, 0.3) is 0 Å². The number of amides is 1. The van der Waals surface area contributed by atoms with Crippen molar-refractivity contribution < 1.29 is 4.79 Å². The van der Waals surface area contributed by atoms with Crippen molar-refractivity contribution in [3.63, 3.8) is 0 Å². The van der Waals surface area contributed by atoms with E-state index in [0.29, 0.717) is 4.81 Å². The van der Waals surface area contributed by atoms with E-state index >= 15 is 0 Å². The Hall–Kier alpha value is -0.0105. The number of unbranched alkanes of at least 4 members (excludes halogenated alkanes) is 1. The molecule has 12 heavy (non-hydrogen) atoms. The molecule has 0 aliphatic heterocycles. The molecule has 0 aromatic rings. The van der Waals surface area contributed by atoms with Gasteiger partial charge in [0.05, 0.1) is 0 Å². The van der Waals surface area contributed by atoms with Gasteiger partial charge in [-0.1, -0.05) is 0 Å². The molecule has 0 aromatic carbocycles. The van der Waals surface area contributed by atoms with Gasteiger partial charge in [-0.25, -0.2) is 0 Å². The number of hydrogen-bond acceptors (Lipinski definition) is 1. The molecular formula is C9H19NOSe. The molecule has 0 unspecified atom stereocenters. The van der Waals surface area contributed by atoms with E-state index in [1.807, 2.05) is 18.7 Å². The Labute approximate surface area is 81.9 Å². The van der Waals surface area contributed by atoms with E-state index in [1.54, 1.807) is 0 Å². The fourth-order valence-corrected chi connectivity index (χ4v) is 3.08. The quantitative estimate of drug-likeness (QED) is 0.512. The third-order valence-electron chi connectivity index (χ3n) is 1.75. The van der Waals surface area contributed by atoms with Gasteiger partial charge in [-0.2, -0.15) is 0 Å². The molecule has 0 aromatic heterocycles. The van der Waals surface area contributed by atoms with Crippen LogP contribution >= 0.6 is 0 Å². The summed E-state index contributed by atoms with van der Waals surface area (Å²) in [5.41, 5.74) is 0. The third-order valence-corrected chi connectivity index (χ3v) is 3.84. The van der Waals surface area contributed by atoms with Crippen LogP contribution < -0.4 is 0 Å². The Morgan fingerprint density at radius 2 is 1.83 bits per heavy atom. The van der Waals surface area contributed by atoms with Gasteiger partial charge in [-0.05, 0) is 0 Å². The Bertz CT molecular complexity index is 124. The summed E-state index contributed by atoms with van der Waals surface area (Å²) >= 11 is 0.196. The van der Waals surface area contributed by atoms with Crippen LogP contribution in [-0.2, 0) is 0 Å². The first-order valence-electron chi connectivity index (χ1n) is 4.67. The molecule has 0 saturated carbocycles. The maximum absolute atomic E-state index is 11.4. The molecule has 0 radical (unpaired) electrons. The van der Waals surface area contributed by atoms with E-state index in [1.165, 1.54) is 12.8 Å². The van der Waals surface area contributed by atoms with E-state index < -0.39 is 0 Å². The molecule has 0 atom stereocenters. The van der Waals surface area contributed by atoms with E-state index in [9.17, 15) is 4.79 Å². The van der Waals surface area contributed by atoms with Crippen LogP contribution in [0.4, 0.5) is 4.79 Å². The number of carbonyl (C=O) groups excluding carboxylic acids is 1. The molecule has 0 aliphatic carbocycles. The predicted octanol–water partition coefficient (Wildman–Crippen LogP) is 2.37. The first-order valence-corrected chi connectivity index (χ1v) is 6.74. The summed E-state index contributed by atoms with van der Waals surface area (Å²) in [6, 6.07) is 0. The van der Waals surface area contributed by atoms with Crippen LogP contribution in [0.2, 0.25) is 5.32 Å². The monoisotopic (exact) mass is 237 g/mol. The van der Waals surface area contributed by atoms with Crippen LogP contribution in [0, 0.1) is 0 Å². The van der Waals surface area contributed by atoms with Gasteiger partial charge in [0, 0.05) is 0 Å². The van der Waals surface area contributed by atoms with E-state index in [0.717, 1.165) is 18.4 Å². The fraction of sp³-hybridized carbons (Fsp3) is 0.889. The summed E-state index contributed by atoms with van der Waals surface area (Å²) in [4.78, 5) is 13.7. The molecular weight excluding hydrogens is 217 g/mol. The molecule has 0 N–H and O–H groups in total. The van der Waals surface area contributed by atoms with E-state index in [2.05, 4.69) is 6.92 Å². The van der Waals surface area contributed by atoms with Crippen molar-refractivity contribution in [3.05, 3.63) is 0 Å². The van der Waals surface area contributed by atoms with Crippen molar-refractivity contribution in [1.29, 1.82) is 0 Å². The molecule has 0 fully saturated rings. The normalized spacial score (nSPS) is 9.92. The summed E-state index contributed by atoms with van der Waals surface area (Å²) in [6.07, 6.45) is 2.40. The molecule has 0 saturated heterocycles. The zero-order valence-corrected chi connectivity index (χ0v) is 10.0. The second-order valence-corrected chi connectivity index (χ2v) is 4.84. The average Bonchev–Trinajstić information content (AvgIpc) is 2.07. The second-order valence-electron chi connectivity index (χ2n) is 2.64. The van der Waals surface area contributed by atoms with Crippen LogP contribution in [0.25, 0.3) is 0 Å². The number of nitrogens with zero attached hydrogens (tertiary/aromatic N) is 1. The van der Waals surface area contributed by atoms with Gasteiger partial charge in [0.2, 0.25) is 0 Å². The average molecular weight is 236 g/mol. The number of carbonyl (C=O) groups is 1. The van der Waals surface area contributed by atoms with Crippen LogP contribution in [0.1, 0.15) is 33.6 Å². The van der Waals surface area contributed by atoms with Crippen molar-refractivity contribution in [2.24, 2.45) is 0 Å². The Morgan fingerprint density at radius 3 is 2.25 bits per heavy atom. The summed E-state index contributed by atoms with van der Waals surface area (Å²) < 4.78 is 0. The number of hydrogen-bond donors (Lipinski definition) is 0. The third kappa shape index (κ3) is 4.78. The van der Waals surface area contributed by atoms with Crippen LogP contribution in [-0.4, -0.2) is 37.8 Å². The van der Waals surface area contributed by atoms with Gasteiger partial charge in [0.1, 0.15) is 0 Å². The van der Waals surface area contributed by atoms with Crippen molar-refractivity contribution in [3.8, 4) is 0 Å².